The normalized spacial score (nSPS) is 15.1. The predicted octanol–water partition coefficient (Wildman–Crippen LogP) is 3.67. The summed E-state index contributed by atoms with van der Waals surface area (Å²) in [5.41, 5.74) is 7.07. The number of methoxy groups -OCH3 is 1. The Morgan fingerprint density at radius 1 is 1.43 bits per heavy atom. The van der Waals surface area contributed by atoms with Crippen LogP contribution in [0.4, 0.5) is 11.4 Å². The van der Waals surface area contributed by atoms with Crippen LogP contribution in [0, 0.1) is 0 Å². The molecule has 1 aromatic rings. The van der Waals surface area contributed by atoms with Crippen molar-refractivity contribution in [3.05, 3.63) is 18.2 Å². The molecule has 3 N–H and O–H groups in total. The number of amides is 1. The third-order valence-corrected chi connectivity index (χ3v) is 5.20. The van der Waals surface area contributed by atoms with Crippen LogP contribution in [0.2, 0.25) is 0 Å². The van der Waals surface area contributed by atoms with Gasteiger partial charge in [0.25, 0.3) is 0 Å². The number of thioether (sulfide) groups is 1. The summed E-state index contributed by atoms with van der Waals surface area (Å²) < 4.78 is 5.09. The van der Waals surface area contributed by atoms with E-state index in [0.29, 0.717) is 23.5 Å². The van der Waals surface area contributed by atoms with Gasteiger partial charge in [-0.2, -0.15) is 11.8 Å². The standard InChI is InChI=1S/C16H24N2O2S/c1-20-12-8-9-15(14(17)11-12)18-16(19)7-4-10-21-13-5-2-3-6-13/h8-9,11,13H,2-7,10,17H2,1H3,(H,18,19). The number of benzene rings is 1. The number of ether oxygens (including phenoxy) is 1. The second-order valence-corrected chi connectivity index (χ2v) is 6.79. The number of carbonyl (C=O) groups is 1. The summed E-state index contributed by atoms with van der Waals surface area (Å²) in [6.45, 7) is 0. The van der Waals surface area contributed by atoms with E-state index in [4.69, 9.17) is 10.5 Å². The van der Waals surface area contributed by atoms with Crippen LogP contribution < -0.4 is 15.8 Å². The third-order valence-electron chi connectivity index (χ3n) is 3.74. The molecule has 0 aliphatic heterocycles. The second kappa shape index (κ2) is 8.17. The Labute approximate surface area is 130 Å². The highest BCUT2D eigenvalue weighted by molar-refractivity contribution is 7.99. The van der Waals surface area contributed by atoms with Crippen molar-refractivity contribution in [1.82, 2.24) is 0 Å². The Hall–Kier alpha value is -1.36. The van der Waals surface area contributed by atoms with E-state index in [0.717, 1.165) is 17.4 Å². The first-order chi connectivity index (χ1) is 10.2. The van der Waals surface area contributed by atoms with Gasteiger partial charge >= 0.3 is 0 Å². The summed E-state index contributed by atoms with van der Waals surface area (Å²) in [6, 6.07) is 5.28. The smallest absolute Gasteiger partial charge is 0.224 e. The molecule has 5 heteroatoms. The molecule has 0 heterocycles. The minimum absolute atomic E-state index is 0.0267. The van der Waals surface area contributed by atoms with E-state index in [2.05, 4.69) is 5.32 Å². The molecule has 116 valence electrons. The quantitative estimate of drug-likeness (QED) is 0.596. The Morgan fingerprint density at radius 3 is 2.86 bits per heavy atom. The lowest BCUT2D eigenvalue weighted by atomic mass is 10.2. The van der Waals surface area contributed by atoms with E-state index in [1.165, 1.54) is 25.7 Å². The molecule has 0 atom stereocenters. The zero-order chi connectivity index (χ0) is 15.1. The molecule has 0 aromatic heterocycles. The van der Waals surface area contributed by atoms with Crippen molar-refractivity contribution in [2.75, 3.05) is 23.9 Å². The number of nitrogens with two attached hydrogens (primary N) is 1. The van der Waals surface area contributed by atoms with E-state index in [1.807, 2.05) is 11.8 Å². The van der Waals surface area contributed by atoms with Gasteiger partial charge in [-0.15, -0.1) is 0 Å². The fourth-order valence-electron chi connectivity index (χ4n) is 2.53. The molecule has 1 aliphatic carbocycles. The van der Waals surface area contributed by atoms with Gasteiger partial charge in [-0.3, -0.25) is 4.79 Å². The molecule has 0 radical (unpaired) electrons. The van der Waals surface area contributed by atoms with Gasteiger partial charge in [0.05, 0.1) is 18.5 Å². The molecule has 0 spiro atoms. The number of rotatable bonds is 7. The zero-order valence-electron chi connectivity index (χ0n) is 12.6. The van der Waals surface area contributed by atoms with Crippen molar-refractivity contribution < 1.29 is 9.53 Å². The molecule has 21 heavy (non-hydrogen) atoms. The van der Waals surface area contributed by atoms with E-state index >= 15 is 0 Å². The van der Waals surface area contributed by atoms with E-state index in [-0.39, 0.29) is 5.91 Å². The van der Waals surface area contributed by atoms with Crippen LogP contribution in [-0.2, 0) is 4.79 Å². The van der Waals surface area contributed by atoms with Crippen LogP contribution in [0.1, 0.15) is 38.5 Å². The van der Waals surface area contributed by atoms with Crippen molar-refractivity contribution in [3.8, 4) is 5.75 Å². The third kappa shape index (κ3) is 5.16. The lowest BCUT2D eigenvalue weighted by molar-refractivity contribution is -0.116. The van der Waals surface area contributed by atoms with E-state index in [1.54, 1.807) is 25.3 Å². The molecule has 0 saturated heterocycles. The van der Waals surface area contributed by atoms with Crippen molar-refractivity contribution in [2.24, 2.45) is 0 Å². The average Bonchev–Trinajstić information content (AvgIpc) is 2.99. The Balaban J connectivity index is 1.69. The summed E-state index contributed by atoms with van der Waals surface area (Å²) in [5.74, 6) is 1.79. The monoisotopic (exact) mass is 308 g/mol. The molecule has 1 amide bonds. The highest BCUT2D eigenvalue weighted by Gasteiger charge is 2.15. The topological polar surface area (TPSA) is 64.3 Å². The van der Waals surface area contributed by atoms with E-state index < -0.39 is 0 Å². The van der Waals surface area contributed by atoms with Gasteiger partial charge in [-0.25, -0.2) is 0 Å². The SMILES string of the molecule is COc1ccc(NC(=O)CCCSC2CCCC2)c(N)c1. The average molecular weight is 308 g/mol. The molecule has 1 saturated carbocycles. The summed E-state index contributed by atoms with van der Waals surface area (Å²) in [4.78, 5) is 11.9. The first-order valence-corrected chi connectivity index (χ1v) is 8.59. The summed E-state index contributed by atoms with van der Waals surface area (Å²) in [7, 11) is 1.59. The number of nitrogens with one attached hydrogen (secondary N) is 1. The number of nitrogen functional groups attached to an aromatic ring is 1. The van der Waals surface area contributed by atoms with Gasteiger partial charge < -0.3 is 15.8 Å². The van der Waals surface area contributed by atoms with Crippen LogP contribution in [0.5, 0.6) is 5.75 Å². The lowest BCUT2D eigenvalue weighted by Gasteiger charge is -2.10. The fourth-order valence-corrected chi connectivity index (χ4v) is 3.84. The number of anilines is 2. The molecular formula is C16H24N2O2S. The molecule has 1 aromatic carbocycles. The van der Waals surface area contributed by atoms with Crippen molar-refractivity contribution >= 4 is 29.0 Å². The van der Waals surface area contributed by atoms with Crippen molar-refractivity contribution in [2.45, 2.75) is 43.8 Å². The maximum absolute atomic E-state index is 11.9. The summed E-state index contributed by atoms with van der Waals surface area (Å²) in [5, 5.41) is 3.69. The largest absolute Gasteiger partial charge is 0.497 e. The summed E-state index contributed by atoms with van der Waals surface area (Å²) >= 11 is 2.02. The van der Waals surface area contributed by atoms with E-state index in [9.17, 15) is 4.79 Å². The minimum atomic E-state index is 0.0267. The molecule has 1 aliphatic rings. The second-order valence-electron chi connectivity index (χ2n) is 5.38. The molecular weight excluding hydrogens is 284 g/mol. The molecule has 1 fully saturated rings. The highest BCUT2D eigenvalue weighted by atomic mass is 32.2. The zero-order valence-corrected chi connectivity index (χ0v) is 13.4. The van der Waals surface area contributed by atoms with Crippen molar-refractivity contribution in [1.29, 1.82) is 0 Å². The number of hydrogen-bond acceptors (Lipinski definition) is 4. The van der Waals surface area contributed by atoms with Crippen LogP contribution in [0.3, 0.4) is 0 Å². The molecule has 4 nitrogen and oxygen atoms in total. The van der Waals surface area contributed by atoms with Crippen LogP contribution in [0.25, 0.3) is 0 Å². The maximum Gasteiger partial charge on any atom is 0.224 e. The maximum atomic E-state index is 11.9. The van der Waals surface area contributed by atoms with Crippen molar-refractivity contribution in [3.63, 3.8) is 0 Å². The number of hydrogen-bond donors (Lipinski definition) is 2. The van der Waals surface area contributed by atoms with Crippen LogP contribution in [0.15, 0.2) is 18.2 Å². The summed E-state index contributed by atoms with van der Waals surface area (Å²) in [6.07, 6.45) is 6.90. The first-order valence-electron chi connectivity index (χ1n) is 7.54. The van der Waals surface area contributed by atoms with Gasteiger partial charge in [0.15, 0.2) is 0 Å². The number of carbonyl (C=O) groups excluding carboxylic acids is 1. The fraction of sp³-hybridized carbons (Fsp3) is 0.562. The Morgan fingerprint density at radius 2 is 2.19 bits per heavy atom. The van der Waals surface area contributed by atoms with Gasteiger partial charge in [-0.1, -0.05) is 12.8 Å². The first kappa shape index (κ1) is 16.0. The van der Waals surface area contributed by atoms with Crippen LogP contribution >= 0.6 is 11.8 Å². The highest BCUT2D eigenvalue weighted by Crippen LogP contribution is 2.30. The van der Waals surface area contributed by atoms with Gasteiger partial charge in [0.2, 0.25) is 5.91 Å². The Bertz CT molecular complexity index is 473. The van der Waals surface area contributed by atoms with Gasteiger partial charge in [0, 0.05) is 17.7 Å². The van der Waals surface area contributed by atoms with Crippen LogP contribution in [-0.4, -0.2) is 24.0 Å². The predicted molar refractivity (Wildman–Crippen MR) is 90.0 cm³/mol. The lowest BCUT2D eigenvalue weighted by Crippen LogP contribution is -2.13. The van der Waals surface area contributed by atoms with Gasteiger partial charge in [0.1, 0.15) is 5.75 Å². The molecule has 0 unspecified atom stereocenters. The molecule has 2 rings (SSSR count). The minimum Gasteiger partial charge on any atom is -0.497 e. The molecule has 0 bridgehead atoms. The Kier molecular flexibility index (Phi) is 6.23. The van der Waals surface area contributed by atoms with Gasteiger partial charge in [-0.05, 0) is 37.1 Å².